The van der Waals surface area contributed by atoms with E-state index in [1.807, 2.05) is 30.7 Å². The second-order valence-corrected chi connectivity index (χ2v) is 12.0. The Morgan fingerprint density at radius 1 is 1.16 bits per heavy atom. The van der Waals surface area contributed by atoms with Gasteiger partial charge in [-0.3, -0.25) is 20.3 Å². The van der Waals surface area contributed by atoms with Crippen LogP contribution in [0.2, 0.25) is 0 Å². The molecule has 0 aliphatic carbocycles. The van der Waals surface area contributed by atoms with Crippen molar-refractivity contribution < 1.29 is 28.6 Å². The molecule has 1 atom stereocenters. The van der Waals surface area contributed by atoms with Crippen molar-refractivity contribution in [3.05, 3.63) is 29.6 Å². The second-order valence-electron chi connectivity index (χ2n) is 12.0. The van der Waals surface area contributed by atoms with Gasteiger partial charge in [0, 0.05) is 32.6 Å². The number of carbonyl (C=O) groups excluding carboxylic acids is 3. The van der Waals surface area contributed by atoms with Gasteiger partial charge in [-0.05, 0) is 89.3 Å². The first kappa shape index (κ1) is 28.3. The minimum atomic E-state index is -0.758. The summed E-state index contributed by atoms with van der Waals surface area (Å²) in [5.41, 5.74) is 2.59. The van der Waals surface area contributed by atoms with E-state index in [-0.39, 0.29) is 24.1 Å². The number of hydrogen-bond acceptors (Lipinski definition) is 7. The fourth-order valence-electron chi connectivity index (χ4n) is 5.66. The van der Waals surface area contributed by atoms with Crippen molar-refractivity contribution in [2.24, 2.45) is 5.92 Å². The van der Waals surface area contributed by atoms with Crippen molar-refractivity contribution in [1.82, 2.24) is 15.8 Å². The Kier molecular flexibility index (Phi) is 8.62. The highest BCUT2D eigenvalue weighted by molar-refractivity contribution is 6.00. The number of anilines is 1. The highest BCUT2D eigenvalue weighted by atomic mass is 19.1. The molecule has 1 unspecified atom stereocenters. The molecule has 10 heteroatoms. The van der Waals surface area contributed by atoms with Crippen LogP contribution in [0.3, 0.4) is 0 Å². The van der Waals surface area contributed by atoms with E-state index in [1.54, 1.807) is 12.1 Å². The zero-order valence-electron chi connectivity index (χ0n) is 22.7. The summed E-state index contributed by atoms with van der Waals surface area (Å²) in [6.07, 6.45) is 4.88. The third kappa shape index (κ3) is 7.44. The molecule has 3 saturated heterocycles. The molecule has 0 saturated carbocycles. The van der Waals surface area contributed by atoms with Gasteiger partial charge in [0.25, 0.3) is 0 Å². The summed E-state index contributed by atoms with van der Waals surface area (Å²) < 4.78 is 20.3. The van der Waals surface area contributed by atoms with Crippen molar-refractivity contribution in [2.75, 3.05) is 31.1 Å². The van der Waals surface area contributed by atoms with Crippen molar-refractivity contribution in [2.45, 2.75) is 89.3 Å². The van der Waals surface area contributed by atoms with Crippen LogP contribution in [-0.2, 0) is 14.3 Å². The van der Waals surface area contributed by atoms with Gasteiger partial charge in [0.05, 0.1) is 17.2 Å². The number of aliphatic hydroxyl groups is 1. The van der Waals surface area contributed by atoms with E-state index >= 15 is 4.39 Å². The number of ether oxygens (including phenoxy) is 1. The van der Waals surface area contributed by atoms with E-state index in [9.17, 15) is 19.5 Å². The van der Waals surface area contributed by atoms with E-state index in [0.717, 1.165) is 32.4 Å². The zero-order valence-corrected chi connectivity index (χ0v) is 22.7. The smallest absolute Gasteiger partial charge is 0.422 e. The van der Waals surface area contributed by atoms with Gasteiger partial charge in [0.1, 0.15) is 11.4 Å². The van der Waals surface area contributed by atoms with Crippen molar-refractivity contribution in [3.8, 4) is 0 Å². The van der Waals surface area contributed by atoms with E-state index in [0.29, 0.717) is 55.9 Å². The lowest BCUT2D eigenvalue weighted by Crippen LogP contribution is -2.48. The first-order valence-corrected chi connectivity index (χ1v) is 13.8. The third-order valence-electron chi connectivity index (χ3n) is 7.93. The van der Waals surface area contributed by atoms with E-state index in [1.165, 1.54) is 6.07 Å². The van der Waals surface area contributed by atoms with Crippen molar-refractivity contribution in [3.63, 3.8) is 0 Å². The number of amides is 3. The van der Waals surface area contributed by atoms with Crippen LogP contribution in [0, 0.1) is 11.7 Å². The Hall–Kier alpha value is -2.72. The van der Waals surface area contributed by atoms with Gasteiger partial charge < -0.3 is 14.7 Å². The molecule has 3 aliphatic rings. The van der Waals surface area contributed by atoms with Crippen LogP contribution in [0.4, 0.5) is 14.9 Å². The third-order valence-corrected chi connectivity index (χ3v) is 7.93. The van der Waals surface area contributed by atoms with Gasteiger partial charge in [-0.15, -0.1) is 0 Å². The topological polar surface area (TPSA) is 111 Å². The number of benzene rings is 1. The number of carbonyl (C=O) groups is 3. The fraction of sp³-hybridized carbons (Fsp3) is 0.679. The predicted octanol–water partition coefficient (Wildman–Crippen LogP) is 3.61. The van der Waals surface area contributed by atoms with Crippen LogP contribution < -0.4 is 15.6 Å². The number of hydrogen-bond donors (Lipinski definition) is 3. The first-order valence-electron chi connectivity index (χ1n) is 13.8. The molecular weight excluding hydrogens is 491 g/mol. The summed E-state index contributed by atoms with van der Waals surface area (Å²) in [6.45, 7) is 8.14. The molecule has 0 radical (unpaired) electrons. The molecule has 9 nitrogen and oxygen atoms in total. The Morgan fingerprint density at radius 3 is 2.45 bits per heavy atom. The molecule has 0 aromatic heterocycles. The molecule has 3 aliphatic heterocycles. The zero-order chi connectivity index (χ0) is 27.5. The van der Waals surface area contributed by atoms with Gasteiger partial charge in [-0.1, -0.05) is 6.07 Å². The molecule has 3 amide bonds. The monoisotopic (exact) mass is 532 g/mol. The van der Waals surface area contributed by atoms with Crippen LogP contribution in [0.25, 0.3) is 0 Å². The Balaban J connectivity index is 1.21. The molecule has 0 bridgehead atoms. The molecule has 1 aromatic rings. The van der Waals surface area contributed by atoms with E-state index in [2.05, 4.69) is 10.7 Å². The summed E-state index contributed by atoms with van der Waals surface area (Å²) in [5.74, 6) is -1.07. The fourth-order valence-corrected chi connectivity index (χ4v) is 5.66. The average Bonchev–Trinajstić information content (AvgIpc) is 2.83. The molecule has 1 aromatic carbocycles. The van der Waals surface area contributed by atoms with Gasteiger partial charge in [-0.2, -0.15) is 0 Å². The molecule has 0 spiro atoms. The van der Waals surface area contributed by atoms with E-state index < -0.39 is 23.2 Å². The van der Waals surface area contributed by atoms with Crippen LogP contribution in [0.5, 0.6) is 0 Å². The normalized spacial score (nSPS) is 23.2. The van der Waals surface area contributed by atoms with Crippen molar-refractivity contribution >= 4 is 23.6 Å². The SMILES string of the molecule is CC(C)(C)OC(=O)NN1CCC(CCC2(O)CCN(c3ccc(C4CCC(=O)NC4=O)cc3F)CC2)CC1. The number of imide groups is 1. The Bertz CT molecular complexity index is 1030. The van der Waals surface area contributed by atoms with Gasteiger partial charge in [0.15, 0.2) is 0 Å². The standard InChI is InChI=1S/C28H41FN4O5/c1-27(2,3)38-26(36)31-33-14-9-19(10-15-33)8-11-28(37)12-16-32(17-13-28)23-6-4-20(18-22(23)29)21-5-7-24(34)30-25(21)35/h4,6,18-19,21,37H,5,7-17H2,1-3H3,(H,31,36)(H,30,34,35). The molecule has 38 heavy (non-hydrogen) atoms. The molecule has 3 fully saturated rings. The molecule has 3 heterocycles. The Labute approximate surface area is 224 Å². The number of piperidine rings is 3. The lowest BCUT2D eigenvalue weighted by Gasteiger charge is -2.40. The van der Waals surface area contributed by atoms with Crippen LogP contribution >= 0.6 is 0 Å². The number of rotatable bonds is 6. The lowest BCUT2D eigenvalue weighted by atomic mass is 9.82. The average molecular weight is 533 g/mol. The largest absolute Gasteiger partial charge is 0.443 e. The van der Waals surface area contributed by atoms with Gasteiger partial charge in [-0.25, -0.2) is 14.2 Å². The maximum atomic E-state index is 15.0. The van der Waals surface area contributed by atoms with Crippen LogP contribution in [0.1, 0.15) is 83.6 Å². The van der Waals surface area contributed by atoms with Gasteiger partial charge in [0.2, 0.25) is 11.8 Å². The van der Waals surface area contributed by atoms with Gasteiger partial charge >= 0.3 is 6.09 Å². The number of nitrogens with one attached hydrogen (secondary N) is 2. The number of nitrogens with zero attached hydrogens (tertiary/aromatic N) is 2. The number of halogens is 1. The quantitative estimate of drug-likeness (QED) is 0.480. The summed E-state index contributed by atoms with van der Waals surface area (Å²) >= 11 is 0. The minimum Gasteiger partial charge on any atom is -0.443 e. The summed E-state index contributed by atoms with van der Waals surface area (Å²) in [6, 6.07) is 4.88. The minimum absolute atomic E-state index is 0.257. The van der Waals surface area contributed by atoms with E-state index in [4.69, 9.17) is 4.74 Å². The number of hydrazine groups is 1. The first-order chi connectivity index (χ1) is 17.9. The lowest BCUT2D eigenvalue weighted by molar-refractivity contribution is -0.134. The van der Waals surface area contributed by atoms with Crippen molar-refractivity contribution in [1.29, 1.82) is 0 Å². The second kappa shape index (κ2) is 11.6. The molecule has 4 rings (SSSR count). The molecular formula is C28H41FN4O5. The summed E-state index contributed by atoms with van der Waals surface area (Å²) in [7, 11) is 0. The molecule has 3 N–H and O–H groups in total. The predicted molar refractivity (Wildman–Crippen MR) is 141 cm³/mol. The molecule has 210 valence electrons. The summed E-state index contributed by atoms with van der Waals surface area (Å²) in [5, 5.41) is 15.4. The highest BCUT2D eigenvalue weighted by Gasteiger charge is 2.35. The highest BCUT2D eigenvalue weighted by Crippen LogP contribution is 2.35. The van der Waals surface area contributed by atoms with Crippen LogP contribution in [0.15, 0.2) is 18.2 Å². The Morgan fingerprint density at radius 2 is 1.84 bits per heavy atom. The maximum Gasteiger partial charge on any atom is 0.422 e. The van der Waals surface area contributed by atoms with Crippen LogP contribution in [-0.4, -0.2) is 65.4 Å². The summed E-state index contributed by atoms with van der Waals surface area (Å²) in [4.78, 5) is 37.5. The maximum absolute atomic E-state index is 15.0.